The molecule has 2 unspecified atom stereocenters. The number of nitrogens with one attached hydrogen (secondary N) is 1. The molecule has 1 fully saturated rings. The molecule has 1 aliphatic heterocycles. The smallest absolute Gasteiger partial charge is 0.140 e. The zero-order chi connectivity index (χ0) is 13.1. The van der Waals surface area contributed by atoms with Crippen molar-refractivity contribution in [2.24, 2.45) is 13.0 Å². The van der Waals surface area contributed by atoms with E-state index in [1.54, 1.807) is 6.33 Å². The SMILES string of the molecule is CCC1CNC(C(C)C)CN1Cc1ncnn1C. The lowest BCUT2D eigenvalue weighted by Crippen LogP contribution is -2.57. The maximum atomic E-state index is 4.34. The average molecular weight is 251 g/mol. The third kappa shape index (κ3) is 2.90. The van der Waals surface area contributed by atoms with Crippen LogP contribution in [0.5, 0.6) is 0 Å². The number of hydrogen-bond donors (Lipinski definition) is 1. The van der Waals surface area contributed by atoms with Gasteiger partial charge in [0.2, 0.25) is 0 Å². The fraction of sp³-hybridized carbons (Fsp3) is 0.846. The number of aromatic nitrogens is 3. The zero-order valence-electron chi connectivity index (χ0n) is 11.9. The Hall–Kier alpha value is -0.940. The van der Waals surface area contributed by atoms with Crippen molar-refractivity contribution in [1.29, 1.82) is 0 Å². The van der Waals surface area contributed by atoms with Crippen LogP contribution in [0.3, 0.4) is 0 Å². The van der Waals surface area contributed by atoms with E-state index >= 15 is 0 Å². The van der Waals surface area contributed by atoms with E-state index in [9.17, 15) is 0 Å². The zero-order valence-corrected chi connectivity index (χ0v) is 11.9. The summed E-state index contributed by atoms with van der Waals surface area (Å²) in [6, 6.07) is 1.19. The maximum Gasteiger partial charge on any atom is 0.140 e. The lowest BCUT2D eigenvalue weighted by molar-refractivity contribution is 0.0993. The van der Waals surface area contributed by atoms with Crippen molar-refractivity contribution in [3.63, 3.8) is 0 Å². The second kappa shape index (κ2) is 5.80. The lowest BCUT2D eigenvalue weighted by atomic mass is 9.98. The first kappa shape index (κ1) is 13.5. The molecule has 0 spiro atoms. The predicted molar refractivity (Wildman–Crippen MR) is 72.1 cm³/mol. The minimum atomic E-state index is 0.584. The molecule has 1 saturated heterocycles. The van der Waals surface area contributed by atoms with Gasteiger partial charge < -0.3 is 5.32 Å². The second-order valence-electron chi connectivity index (χ2n) is 5.55. The summed E-state index contributed by atoms with van der Waals surface area (Å²) < 4.78 is 1.87. The minimum Gasteiger partial charge on any atom is -0.311 e. The molecule has 18 heavy (non-hydrogen) atoms. The van der Waals surface area contributed by atoms with Gasteiger partial charge in [0.15, 0.2) is 0 Å². The lowest BCUT2D eigenvalue weighted by Gasteiger charge is -2.41. The normalized spacial score (nSPS) is 25.8. The molecule has 5 nitrogen and oxygen atoms in total. The van der Waals surface area contributed by atoms with E-state index in [1.807, 2.05) is 11.7 Å². The predicted octanol–water partition coefficient (Wildman–Crippen LogP) is 1.02. The molecule has 0 aromatic carbocycles. The summed E-state index contributed by atoms with van der Waals surface area (Å²) in [7, 11) is 1.96. The van der Waals surface area contributed by atoms with E-state index in [1.165, 1.54) is 6.42 Å². The Balaban J connectivity index is 2.04. The summed E-state index contributed by atoms with van der Waals surface area (Å²) in [5, 5.41) is 7.81. The Morgan fingerprint density at radius 3 is 2.83 bits per heavy atom. The molecule has 102 valence electrons. The van der Waals surface area contributed by atoms with Gasteiger partial charge in [0.05, 0.1) is 6.54 Å². The Morgan fingerprint density at radius 2 is 2.28 bits per heavy atom. The van der Waals surface area contributed by atoms with Crippen LogP contribution >= 0.6 is 0 Å². The number of hydrogen-bond acceptors (Lipinski definition) is 4. The Bertz CT molecular complexity index is 373. The number of piperazine rings is 1. The molecular formula is C13H25N5. The van der Waals surface area contributed by atoms with Crippen LogP contribution in [0.25, 0.3) is 0 Å². The summed E-state index contributed by atoms with van der Waals surface area (Å²) in [6.07, 6.45) is 2.81. The van der Waals surface area contributed by atoms with Gasteiger partial charge in [0.1, 0.15) is 12.2 Å². The minimum absolute atomic E-state index is 0.584. The van der Waals surface area contributed by atoms with Crippen molar-refractivity contribution in [2.45, 2.75) is 45.8 Å². The molecule has 0 saturated carbocycles. The molecule has 1 N–H and O–H groups in total. The molecule has 0 amide bonds. The van der Waals surface area contributed by atoms with Crippen LogP contribution in [0.4, 0.5) is 0 Å². The molecule has 0 bridgehead atoms. The maximum absolute atomic E-state index is 4.34. The highest BCUT2D eigenvalue weighted by Crippen LogP contribution is 2.16. The first-order chi connectivity index (χ1) is 8.61. The van der Waals surface area contributed by atoms with Gasteiger partial charge >= 0.3 is 0 Å². The summed E-state index contributed by atoms with van der Waals surface area (Å²) in [5.74, 6) is 1.72. The quantitative estimate of drug-likeness (QED) is 0.868. The Morgan fingerprint density at radius 1 is 1.50 bits per heavy atom. The molecule has 2 heterocycles. The molecule has 1 aromatic heterocycles. The molecular weight excluding hydrogens is 226 g/mol. The van der Waals surface area contributed by atoms with Gasteiger partial charge in [-0.15, -0.1) is 0 Å². The van der Waals surface area contributed by atoms with Crippen molar-refractivity contribution in [3.8, 4) is 0 Å². The van der Waals surface area contributed by atoms with Gasteiger partial charge in [-0.2, -0.15) is 5.10 Å². The summed E-state index contributed by atoms with van der Waals surface area (Å²) in [5.41, 5.74) is 0. The van der Waals surface area contributed by atoms with E-state index < -0.39 is 0 Å². The molecule has 5 heteroatoms. The van der Waals surface area contributed by atoms with Crippen molar-refractivity contribution in [1.82, 2.24) is 25.0 Å². The van der Waals surface area contributed by atoms with Crippen LogP contribution in [-0.4, -0.2) is 44.8 Å². The summed E-state index contributed by atoms with van der Waals surface area (Å²) in [4.78, 5) is 6.89. The standard InChI is InChI=1S/C13H25N5/c1-5-11-6-14-12(10(2)3)7-18(11)8-13-15-9-16-17(13)4/h9-12,14H,5-8H2,1-4H3. The number of aryl methyl sites for hydroxylation is 1. The van der Waals surface area contributed by atoms with Crippen molar-refractivity contribution >= 4 is 0 Å². The van der Waals surface area contributed by atoms with Crippen LogP contribution in [0.1, 0.15) is 33.0 Å². The van der Waals surface area contributed by atoms with Crippen LogP contribution in [0.15, 0.2) is 6.33 Å². The van der Waals surface area contributed by atoms with E-state index in [2.05, 4.69) is 41.1 Å². The highest BCUT2D eigenvalue weighted by atomic mass is 15.3. The first-order valence-electron chi connectivity index (χ1n) is 6.92. The Labute approximate surface area is 110 Å². The summed E-state index contributed by atoms with van der Waals surface area (Å²) >= 11 is 0. The van der Waals surface area contributed by atoms with Crippen molar-refractivity contribution < 1.29 is 0 Å². The largest absolute Gasteiger partial charge is 0.311 e. The van der Waals surface area contributed by atoms with E-state index in [0.29, 0.717) is 18.0 Å². The number of nitrogens with zero attached hydrogens (tertiary/aromatic N) is 4. The third-order valence-electron chi connectivity index (χ3n) is 3.99. The number of rotatable bonds is 4. The van der Waals surface area contributed by atoms with Crippen LogP contribution in [0, 0.1) is 5.92 Å². The van der Waals surface area contributed by atoms with Gasteiger partial charge in [-0.1, -0.05) is 20.8 Å². The van der Waals surface area contributed by atoms with Gasteiger partial charge in [-0.25, -0.2) is 4.98 Å². The van der Waals surface area contributed by atoms with Gasteiger partial charge in [-0.05, 0) is 12.3 Å². The molecule has 1 aromatic rings. The molecule has 2 rings (SSSR count). The topological polar surface area (TPSA) is 46.0 Å². The average Bonchev–Trinajstić information content (AvgIpc) is 2.75. The molecule has 0 radical (unpaired) electrons. The van der Waals surface area contributed by atoms with E-state index in [-0.39, 0.29) is 0 Å². The van der Waals surface area contributed by atoms with Gasteiger partial charge in [-0.3, -0.25) is 9.58 Å². The van der Waals surface area contributed by atoms with Crippen molar-refractivity contribution in [3.05, 3.63) is 12.2 Å². The van der Waals surface area contributed by atoms with Gasteiger partial charge in [0, 0.05) is 32.2 Å². The monoisotopic (exact) mass is 251 g/mol. The molecule has 0 aliphatic carbocycles. The fourth-order valence-electron chi connectivity index (χ4n) is 2.57. The second-order valence-corrected chi connectivity index (χ2v) is 5.55. The fourth-order valence-corrected chi connectivity index (χ4v) is 2.57. The molecule has 2 atom stereocenters. The van der Waals surface area contributed by atoms with E-state index in [4.69, 9.17) is 0 Å². The van der Waals surface area contributed by atoms with Gasteiger partial charge in [0.25, 0.3) is 0 Å². The Kier molecular flexibility index (Phi) is 4.35. The summed E-state index contributed by atoms with van der Waals surface area (Å²) in [6.45, 7) is 9.90. The molecule has 1 aliphatic rings. The van der Waals surface area contributed by atoms with Crippen molar-refractivity contribution in [2.75, 3.05) is 13.1 Å². The van der Waals surface area contributed by atoms with Crippen LogP contribution in [-0.2, 0) is 13.6 Å². The van der Waals surface area contributed by atoms with E-state index in [0.717, 1.165) is 25.5 Å². The highest BCUT2D eigenvalue weighted by Gasteiger charge is 2.28. The van der Waals surface area contributed by atoms with Crippen LogP contribution in [0.2, 0.25) is 0 Å². The first-order valence-corrected chi connectivity index (χ1v) is 6.92. The third-order valence-corrected chi connectivity index (χ3v) is 3.99. The highest BCUT2D eigenvalue weighted by molar-refractivity contribution is 4.91. The van der Waals surface area contributed by atoms with Crippen LogP contribution < -0.4 is 5.32 Å².